The highest BCUT2D eigenvalue weighted by Gasteiger charge is 2.01. The molecule has 0 aliphatic heterocycles. The van der Waals surface area contributed by atoms with Gasteiger partial charge in [-0.2, -0.15) is 0 Å². The number of aromatic nitrogens is 1. The molecule has 1 rings (SSSR count). The van der Waals surface area contributed by atoms with Gasteiger partial charge in [-0.25, -0.2) is 0 Å². The Morgan fingerprint density at radius 2 is 2.07 bits per heavy atom. The van der Waals surface area contributed by atoms with E-state index in [0.717, 1.165) is 25.1 Å². The lowest BCUT2D eigenvalue weighted by molar-refractivity contribution is 0.480. The number of aromatic amines is 1. The fourth-order valence-electron chi connectivity index (χ4n) is 1.43. The molecule has 78 valence electrons. The van der Waals surface area contributed by atoms with Crippen LogP contribution < -0.4 is 10.9 Å². The van der Waals surface area contributed by atoms with Crippen molar-refractivity contribution >= 4 is 0 Å². The molecule has 1 aromatic rings. The third-order valence-electron chi connectivity index (χ3n) is 2.40. The molecule has 0 aliphatic rings. The number of pyridine rings is 1. The lowest BCUT2D eigenvalue weighted by Gasteiger charge is -2.14. The van der Waals surface area contributed by atoms with Gasteiger partial charge in [-0.1, -0.05) is 19.9 Å². The van der Waals surface area contributed by atoms with Gasteiger partial charge in [-0.3, -0.25) is 4.79 Å². The third-order valence-corrected chi connectivity index (χ3v) is 2.40. The van der Waals surface area contributed by atoms with Crippen molar-refractivity contribution in [3.8, 4) is 0 Å². The van der Waals surface area contributed by atoms with E-state index in [-0.39, 0.29) is 5.56 Å². The zero-order valence-electron chi connectivity index (χ0n) is 8.84. The Bertz CT molecular complexity index is 315. The Hall–Kier alpha value is -1.09. The van der Waals surface area contributed by atoms with E-state index in [0.29, 0.717) is 6.04 Å². The molecule has 0 fully saturated rings. The quantitative estimate of drug-likeness (QED) is 0.748. The minimum atomic E-state index is -0.0335. The largest absolute Gasteiger partial charge is 0.325 e. The first-order chi connectivity index (χ1) is 6.76. The molecule has 0 aromatic carbocycles. The summed E-state index contributed by atoms with van der Waals surface area (Å²) in [5.74, 6) is 0. The molecule has 3 heteroatoms. The van der Waals surface area contributed by atoms with Crippen molar-refractivity contribution in [2.45, 2.75) is 39.3 Å². The Balaban J connectivity index is 2.49. The van der Waals surface area contributed by atoms with E-state index in [1.165, 1.54) is 6.07 Å². The SMILES string of the molecule is CCC(CC)NCc1cccc(=O)[nH]1. The molecule has 14 heavy (non-hydrogen) atoms. The van der Waals surface area contributed by atoms with Crippen LogP contribution in [-0.4, -0.2) is 11.0 Å². The summed E-state index contributed by atoms with van der Waals surface area (Å²) in [7, 11) is 0. The predicted octanol–water partition coefficient (Wildman–Crippen LogP) is 1.65. The van der Waals surface area contributed by atoms with Gasteiger partial charge in [0.15, 0.2) is 0 Å². The molecule has 0 atom stereocenters. The van der Waals surface area contributed by atoms with E-state index in [1.807, 2.05) is 6.07 Å². The fourth-order valence-corrected chi connectivity index (χ4v) is 1.43. The summed E-state index contributed by atoms with van der Waals surface area (Å²) in [4.78, 5) is 13.8. The highest BCUT2D eigenvalue weighted by atomic mass is 16.1. The van der Waals surface area contributed by atoms with Crippen molar-refractivity contribution in [3.05, 3.63) is 34.2 Å². The number of rotatable bonds is 5. The molecule has 3 nitrogen and oxygen atoms in total. The Morgan fingerprint density at radius 3 is 2.64 bits per heavy atom. The van der Waals surface area contributed by atoms with Gasteiger partial charge in [0.2, 0.25) is 5.56 Å². The van der Waals surface area contributed by atoms with Crippen LogP contribution in [0, 0.1) is 0 Å². The first kappa shape index (κ1) is 11.0. The standard InChI is InChI=1S/C11H18N2O/c1-3-9(4-2)12-8-10-6-5-7-11(14)13-10/h5-7,9,12H,3-4,8H2,1-2H3,(H,13,14). The molecular weight excluding hydrogens is 176 g/mol. The van der Waals surface area contributed by atoms with Gasteiger partial charge >= 0.3 is 0 Å². The molecule has 2 N–H and O–H groups in total. The second-order valence-electron chi connectivity index (χ2n) is 3.43. The van der Waals surface area contributed by atoms with Crippen LogP contribution >= 0.6 is 0 Å². The molecule has 0 aliphatic carbocycles. The Morgan fingerprint density at radius 1 is 1.36 bits per heavy atom. The number of H-pyrrole nitrogens is 1. The van der Waals surface area contributed by atoms with Crippen molar-refractivity contribution in [3.63, 3.8) is 0 Å². The number of hydrogen-bond acceptors (Lipinski definition) is 2. The molecule has 0 spiro atoms. The first-order valence-corrected chi connectivity index (χ1v) is 5.17. The van der Waals surface area contributed by atoms with Gasteiger partial charge in [0, 0.05) is 24.3 Å². The maximum absolute atomic E-state index is 11.0. The summed E-state index contributed by atoms with van der Waals surface area (Å²) >= 11 is 0. The maximum atomic E-state index is 11.0. The maximum Gasteiger partial charge on any atom is 0.248 e. The summed E-state index contributed by atoms with van der Waals surface area (Å²) < 4.78 is 0. The summed E-state index contributed by atoms with van der Waals surface area (Å²) in [6.45, 7) is 5.06. The van der Waals surface area contributed by atoms with Gasteiger partial charge in [0.05, 0.1) is 0 Å². The smallest absolute Gasteiger partial charge is 0.248 e. The van der Waals surface area contributed by atoms with Crippen molar-refractivity contribution in [2.24, 2.45) is 0 Å². The predicted molar refractivity (Wildman–Crippen MR) is 58.3 cm³/mol. The van der Waals surface area contributed by atoms with Crippen molar-refractivity contribution in [2.75, 3.05) is 0 Å². The van der Waals surface area contributed by atoms with Gasteiger partial charge in [0.25, 0.3) is 0 Å². The normalized spacial score (nSPS) is 10.8. The third kappa shape index (κ3) is 3.34. The van der Waals surface area contributed by atoms with Crippen molar-refractivity contribution < 1.29 is 0 Å². The van der Waals surface area contributed by atoms with Gasteiger partial charge in [-0.15, -0.1) is 0 Å². The minimum Gasteiger partial charge on any atom is -0.325 e. The van der Waals surface area contributed by atoms with Crippen molar-refractivity contribution in [1.29, 1.82) is 0 Å². The lowest BCUT2D eigenvalue weighted by atomic mass is 10.2. The molecule has 0 unspecified atom stereocenters. The van der Waals surface area contributed by atoms with E-state index in [9.17, 15) is 4.79 Å². The average Bonchev–Trinajstić information content (AvgIpc) is 2.19. The van der Waals surface area contributed by atoms with Gasteiger partial charge in [0.1, 0.15) is 0 Å². The van der Waals surface area contributed by atoms with E-state index >= 15 is 0 Å². The summed E-state index contributed by atoms with van der Waals surface area (Å²) in [6, 6.07) is 5.78. The van der Waals surface area contributed by atoms with Crippen molar-refractivity contribution in [1.82, 2.24) is 10.3 Å². The monoisotopic (exact) mass is 194 g/mol. The molecular formula is C11H18N2O. The second kappa shape index (κ2) is 5.60. The van der Waals surface area contributed by atoms with Crippen LogP contribution in [0.5, 0.6) is 0 Å². The minimum absolute atomic E-state index is 0.0335. The lowest BCUT2D eigenvalue weighted by Crippen LogP contribution is -2.28. The Kier molecular flexibility index (Phi) is 4.40. The van der Waals surface area contributed by atoms with E-state index in [2.05, 4.69) is 24.1 Å². The number of hydrogen-bond donors (Lipinski definition) is 2. The zero-order valence-corrected chi connectivity index (χ0v) is 8.84. The topological polar surface area (TPSA) is 44.9 Å². The van der Waals surface area contributed by atoms with Gasteiger partial charge < -0.3 is 10.3 Å². The molecule has 0 radical (unpaired) electrons. The van der Waals surface area contributed by atoms with E-state index in [4.69, 9.17) is 0 Å². The zero-order chi connectivity index (χ0) is 10.4. The molecule has 0 bridgehead atoms. The first-order valence-electron chi connectivity index (χ1n) is 5.17. The van der Waals surface area contributed by atoms with Crippen LogP contribution in [0.2, 0.25) is 0 Å². The highest BCUT2D eigenvalue weighted by molar-refractivity contribution is 5.03. The van der Waals surface area contributed by atoms with Crippen LogP contribution in [0.4, 0.5) is 0 Å². The molecule has 1 aromatic heterocycles. The average molecular weight is 194 g/mol. The van der Waals surface area contributed by atoms with Crippen LogP contribution in [0.15, 0.2) is 23.0 Å². The van der Waals surface area contributed by atoms with Gasteiger partial charge in [-0.05, 0) is 18.9 Å². The molecule has 1 heterocycles. The van der Waals surface area contributed by atoms with Crippen LogP contribution in [0.1, 0.15) is 32.4 Å². The molecule has 0 amide bonds. The van der Waals surface area contributed by atoms with Crippen LogP contribution in [0.3, 0.4) is 0 Å². The van der Waals surface area contributed by atoms with E-state index < -0.39 is 0 Å². The molecule has 0 saturated carbocycles. The highest BCUT2D eigenvalue weighted by Crippen LogP contribution is 1.98. The fraction of sp³-hybridized carbons (Fsp3) is 0.545. The summed E-state index contributed by atoms with van der Waals surface area (Å²) in [5, 5.41) is 3.39. The van der Waals surface area contributed by atoms with Crippen LogP contribution in [-0.2, 0) is 6.54 Å². The molecule has 0 saturated heterocycles. The van der Waals surface area contributed by atoms with E-state index in [1.54, 1.807) is 6.07 Å². The second-order valence-corrected chi connectivity index (χ2v) is 3.43. The summed E-state index contributed by atoms with van der Waals surface area (Å²) in [6.07, 6.45) is 2.24. The summed E-state index contributed by atoms with van der Waals surface area (Å²) in [5.41, 5.74) is 0.915. The number of nitrogens with one attached hydrogen (secondary N) is 2. The van der Waals surface area contributed by atoms with Crippen LogP contribution in [0.25, 0.3) is 0 Å². The Labute approximate surface area is 84.6 Å².